The quantitative estimate of drug-likeness (QED) is 0.388. The van der Waals surface area contributed by atoms with E-state index in [2.05, 4.69) is 54.1 Å². The lowest BCUT2D eigenvalue weighted by Crippen LogP contribution is -2.47. The molecule has 3 aromatic carbocycles. The van der Waals surface area contributed by atoms with Gasteiger partial charge in [-0.25, -0.2) is 0 Å². The third-order valence-electron chi connectivity index (χ3n) is 6.58. The van der Waals surface area contributed by atoms with Crippen LogP contribution < -0.4 is 5.32 Å². The van der Waals surface area contributed by atoms with E-state index >= 15 is 0 Å². The minimum Gasteiger partial charge on any atom is -0.354 e. The van der Waals surface area contributed by atoms with Gasteiger partial charge in [0.1, 0.15) is 6.04 Å². The van der Waals surface area contributed by atoms with Crippen molar-refractivity contribution in [2.24, 2.45) is 0 Å². The van der Waals surface area contributed by atoms with Crippen LogP contribution in [0.4, 0.5) is 0 Å². The number of carbonyl (C=O) groups excluding carboxylic acids is 2. The number of rotatable bonds is 6. The molecule has 0 saturated heterocycles. The molecule has 5 rings (SSSR count). The number of benzene rings is 3. The highest BCUT2D eigenvalue weighted by atomic mass is 16.2. The zero-order valence-electron chi connectivity index (χ0n) is 19.3. The molecule has 0 unspecified atom stereocenters. The molecule has 34 heavy (non-hydrogen) atoms. The molecule has 0 fully saturated rings. The number of nitrogens with one attached hydrogen (secondary N) is 2. The number of hydrogen-bond donors (Lipinski definition) is 2. The van der Waals surface area contributed by atoms with Gasteiger partial charge in [0.2, 0.25) is 5.91 Å². The van der Waals surface area contributed by atoms with Crippen molar-refractivity contribution in [3.05, 3.63) is 108 Å². The van der Waals surface area contributed by atoms with Crippen LogP contribution in [0.2, 0.25) is 0 Å². The van der Waals surface area contributed by atoms with Gasteiger partial charge >= 0.3 is 0 Å². The molecule has 2 N–H and O–H groups in total. The average molecular weight is 450 g/mol. The Labute approximate surface area is 199 Å². The summed E-state index contributed by atoms with van der Waals surface area (Å²) in [7, 11) is 0. The minimum absolute atomic E-state index is 0.137. The maximum atomic E-state index is 13.7. The van der Waals surface area contributed by atoms with Crippen LogP contribution >= 0.6 is 0 Å². The largest absolute Gasteiger partial charge is 0.354 e. The summed E-state index contributed by atoms with van der Waals surface area (Å²) in [5.74, 6) is -0.343. The molecule has 2 heterocycles. The lowest BCUT2D eigenvalue weighted by molar-refractivity contribution is -0.125. The van der Waals surface area contributed by atoms with E-state index in [-0.39, 0.29) is 11.8 Å². The number of fused-ring (bicyclic) bond motifs is 2. The fourth-order valence-electron chi connectivity index (χ4n) is 4.87. The third kappa shape index (κ3) is 3.50. The zero-order chi connectivity index (χ0) is 23.8. The van der Waals surface area contributed by atoms with Gasteiger partial charge in [-0.2, -0.15) is 0 Å². The molecule has 1 aromatic heterocycles. The molecular weight excluding hydrogens is 422 g/mol. The second-order valence-corrected chi connectivity index (χ2v) is 8.74. The Balaban J connectivity index is 1.74. The molecule has 1 aliphatic heterocycles. The van der Waals surface area contributed by atoms with E-state index < -0.39 is 12.1 Å². The topological polar surface area (TPSA) is 65.2 Å². The van der Waals surface area contributed by atoms with Crippen LogP contribution in [-0.2, 0) is 4.79 Å². The number of hydrogen-bond acceptors (Lipinski definition) is 2. The number of H-pyrrole nitrogens is 1. The highest BCUT2D eigenvalue weighted by Gasteiger charge is 2.44. The average Bonchev–Trinajstić information content (AvgIpc) is 3.37. The number of aromatic amines is 1. The second kappa shape index (κ2) is 8.67. The van der Waals surface area contributed by atoms with E-state index in [1.807, 2.05) is 42.5 Å². The van der Waals surface area contributed by atoms with Crippen molar-refractivity contribution in [1.29, 1.82) is 0 Å². The maximum absolute atomic E-state index is 13.7. The van der Waals surface area contributed by atoms with E-state index in [4.69, 9.17) is 0 Å². The van der Waals surface area contributed by atoms with Gasteiger partial charge in [-0.05, 0) is 37.1 Å². The molecule has 2 amide bonds. The number of nitrogens with zero attached hydrogens (tertiary/aromatic N) is 1. The number of aryl methyl sites for hydroxylation is 1. The van der Waals surface area contributed by atoms with Crippen molar-refractivity contribution in [1.82, 2.24) is 15.2 Å². The third-order valence-corrected chi connectivity index (χ3v) is 6.58. The molecule has 0 radical (unpaired) electrons. The van der Waals surface area contributed by atoms with Crippen molar-refractivity contribution in [3.63, 3.8) is 0 Å². The Morgan fingerprint density at radius 2 is 1.79 bits per heavy atom. The van der Waals surface area contributed by atoms with Gasteiger partial charge in [0.15, 0.2) is 0 Å². The lowest BCUT2D eigenvalue weighted by atomic mass is 9.92. The van der Waals surface area contributed by atoms with Crippen LogP contribution in [0.1, 0.15) is 40.0 Å². The van der Waals surface area contributed by atoms with Crippen LogP contribution in [0, 0.1) is 6.92 Å². The van der Waals surface area contributed by atoms with Gasteiger partial charge in [-0.15, -0.1) is 6.58 Å². The first-order chi connectivity index (χ1) is 16.5. The molecule has 1 aliphatic rings. The van der Waals surface area contributed by atoms with Crippen LogP contribution in [0.25, 0.3) is 22.2 Å². The van der Waals surface area contributed by atoms with E-state index in [9.17, 15) is 9.59 Å². The van der Waals surface area contributed by atoms with Gasteiger partial charge < -0.3 is 15.2 Å². The molecule has 4 aromatic rings. The summed E-state index contributed by atoms with van der Waals surface area (Å²) in [6.07, 6.45) is 1.64. The van der Waals surface area contributed by atoms with Gasteiger partial charge in [-0.1, -0.05) is 72.3 Å². The minimum atomic E-state index is -0.663. The summed E-state index contributed by atoms with van der Waals surface area (Å²) in [6.45, 7) is 7.88. The molecule has 0 aliphatic carbocycles. The predicted molar refractivity (Wildman–Crippen MR) is 136 cm³/mol. The van der Waals surface area contributed by atoms with Gasteiger partial charge in [-0.3, -0.25) is 9.59 Å². The number of para-hydroxylation sites is 1. The highest BCUT2D eigenvalue weighted by molar-refractivity contribution is 6.04. The molecule has 5 heteroatoms. The fraction of sp³-hybridized carbons (Fsp3) is 0.172. The molecule has 170 valence electrons. The van der Waals surface area contributed by atoms with E-state index in [0.717, 1.165) is 33.3 Å². The Hall–Kier alpha value is -4.12. The summed E-state index contributed by atoms with van der Waals surface area (Å²) < 4.78 is 0. The van der Waals surface area contributed by atoms with Gasteiger partial charge in [0.25, 0.3) is 5.91 Å². The van der Waals surface area contributed by atoms with Crippen molar-refractivity contribution in [2.75, 3.05) is 6.54 Å². The highest BCUT2D eigenvalue weighted by Crippen LogP contribution is 2.46. The van der Waals surface area contributed by atoms with Crippen LogP contribution in [0.3, 0.4) is 0 Å². The predicted octanol–water partition coefficient (Wildman–Crippen LogP) is 5.38. The van der Waals surface area contributed by atoms with Crippen molar-refractivity contribution >= 4 is 22.7 Å². The van der Waals surface area contributed by atoms with E-state index in [1.165, 1.54) is 5.56 Å². The molecule has 2 atom stereocenters. The zero-order valence-corrected chi connectivity index (χ0v) is 19.3. The Morgan fingerprint density at radius 3 is 2.56 bits per heavy atom. The standard InChI is InChI=1S/C29H27N3O2/c1-4-17-30-28(33)19(3)32-27(21-9-5-6-10-22(21)29(32)34)25-23-11-7-8-12-24(23)31-26(25)20-15-13-18(2)14-16-20/h4-16,19,27,31H,1,17H2,2-3H3,(H,30,33)/t19-,27-/m1/s1. The number of aromatic nitrogens is 1. The number of carbonyl (C=O) groups is 2. The Bertz CT molecular complexity index is 1400. The van der Waals surface area contributed by atoms with E-state index in [1.54, 1.807) is 17.9 Å². The van der Waals surface area contributed by atoms with Crippen molar-refractivity contribution in [2.45, 2.75) is 25.9 Å². The van der Waals surface area contributed by atoms with Gasteiger partial charge in [0, 0.05) is 28.6 Å². The smallest absolute Gasteiger partial charge is 0.255 e. The first-order valence-electron chi connectivity index (χ1n) is 11.5. The lowest BCUT2D eigenvalue weighted by Gasteiger charge is -2.31. The summed E-state index contributed by atoms with van der Waals surface area (Å²) in [6, 6.07) is 23.1. The molecule has 0 spiro atoms. The Kier molecular flexibility index (Phi) is 5.54. The summed E-state index contributed by atoms with van der Waals surface area (Å²) in [5.41, 5.74) is 6.72. The first-order valence-corrected chi connectivity index (χ1v) is 11.5. The number of amides is 2. The van der Waals surface area contributed by atoms with Gasteiger partial charge in [0.05, 0.1) is 11.7 Å². The monoisotopic (exact) mass is 449 g/mol. The summed E-state index contributed by atoms with van der Waals surface area (Å²) >= 11 is 0. The molecule has 0 saturated carbocycles. The van der Waals surface area contributed by atoms with Crippen LogP contribution in [0.5, 0.6) is 0 Å². The Morgan fingerprint density at radius 1 is 1.09 bits per heavy atom. The van der Waals surface area contributed by atoms with Crippen LogP contribution in [-0.4, -0.2) is 34.3 Å². The second-order valence-electron chi connectivity index (χ2n) is 8.74. The fourth-order valence-corrected chi connectivity index (χ4v) is 4.87. The van der Waals surface area contributed by atoms with Crippen molar-refractivity contribution < 1.29 is 9.59 Å². The van der Waals surface area contributed by atoms with Crippen LogP contribution in [0.15, 0.2) is 85.5 Å². The van der Waals surface area contributed by atoms with E-state index in [0.29, 0.717) is 12.1 Å². The first kappa shape index (κ1) is 21.7. The molecular formula is C29H27N3O2. The molecule has 5 nitrogen and oxygen atoms in total. The SMILES string of the molecule is C=CCNC(=O)[C@@H](C)N1C(=O)c2ccccc2[C@@H]1c1c(-c2ccc(C)cc2)[nH]c2ccccc12. The summed E-state index contributed by atoms with van der Waals surface area (Å²) in [5, 5.41) is 3.89. The molecule has 0 bridgehead atoms. The maximum Gasteiger partial charge on any atom is 0.255 e. The normalized spacial score (nSPS) is 15.9. The van der Waals surface area contributed by atoms with Crippen molar-refractivity contribution in [3.8, 4) is 11.3 Å². The summed E-state index contributed by atoms with van der Waals surface area (Å²) in [4.78, 5) is 32.0.